The van der Waals surface area contributed by atoms with E-state index in [9.17, 15) is 10.2 Å². The number of rotatable bonds is 3. The van der Waals surface area contributed by atoms with Crippen molar-refractivity contribution in [2.24, 2.45) is 5.73 Å². The van der Waals surface area contributed by atoms with Crippen molar-refractivity contribution < 1.29 is 20.1 Å². The lowest BCUT2D eigenvalue weighted by Crippen LogP contribution is -2.33. The minimum absolute atomic E-state index is 0.107. The van der Waals surface area contributed by atoms with E-state index >= 15 is 0 Å². The van der Waals surface area contributed by atoms with Crippen molar-refractivity contribution in [3.8, 4) is 0 Å². The Bertz CT molecular complexity index is 661. The lowest BCUT2D eigenvalue weighted by molar-refractivity contribution is -0.0568. The smallest absolute Gasteiger partial charge is 0.181 e. The fraction of sp³-hybridized carbons (Fsp3) is 0.545. The van der Waals surface area contributed by atoms with Crippen LogP contribution in [0.2, 0.25) is 0 Å². The SMILES string of the molecule is NCc1nn([C@@H]2O[C@H](CO)[C@@H](O)[C@H]2O)c2ncnc(N)c12. The standard InChI is InChI=1S/C11H16N6O4/c12-1-4-6-9(13)14-3-15-10(6)17(16-4)11-8(20)7(19)5(2-18)21-11/h3,5,7-8,11,18-20H,1-2,12H2,(H2,13,14,15)/t5-,7-,8-,11-/m1/s1. The van der Waals surface area contributed by atoms with Crippen LogP contribution < -0.4 is 11.5 Å². The van der Waals surface area contributed by atoms with Gasteiger partial charge in [0.15, 0.2) is 11.9 Å². The maximum absolute atomic E-state index is 10.1. The van der Waals surface area contributed by atoms with E-state index in [1.807, 2.05) is 0 Å². The van der Waals surface area contributed by atoms with Crippen LogP contribution in [0.4, 0.5) is 5.82 Å². The molecule has 3 heterocycles. The normalized spacial score (nSPS) is 29.3. The van der Waals surface area contributed by atoms with Crippen LogP contribution in [0, 0.1) is 0 Å². The second-order valence-corrected chi connectivity index (χ2v) is 4.78. The molecular formula is C11H16N6O4. The van der Waals surface area contributed by atoms with Crippen molar-refractivity contribution in [2.75, 3.05) is 12.3 Å². The molecule has 114 valence electrons. The first-order valence-corrected chi connectivity index (χ1v) is 6.38. The molecule has 4 atom stereocenters. The highest BCUT2D eigenvalue weighted by molar-refractivity contribution is 5.88. The van der Waals surface area contributed by atoms with Crippen molar-refractivity contribution in [3.63, 3.8) is 0 Å². The van der Waals surface area contributed by atoms with E-state index in [1.165, 1.54) is 11.0 Å². The highest BCUT2D eigenvalue weighted by Gasteiger charge is 2.44. The molecule has 2 aromatic heterocycles. The van der Waals surface area contributed by atoms with Gasteiger partial charge < -0.3 is 31.5 Å². The fourth-order valence-electron chi connectivity index (χ4n) is 2.47. The van der Waals surface area contributed by atoms with Crippen LogP contribution in [0.1, 0.15) is 11.9 Å². The van der Waals surface area contributed by atoms with Gasteiger partial charge in [0.2, 0.25) is 0 Å². The van der Waals surface area contributed by atoms with Crippen LogP contribution in [0.3, 0.4) is 0 Å². The first kappa shape index (κ1) is 14.1. The molecule has 2 aromatic rings. The van der Waals surface area contributed by atoms with Crippen LogP contribution in [0.15, 0.2) is 6.33 Å². The Kier molecular flexibility index (Phi) is 3.47. The van der Waals surface area contributed by atoms with E-state index in [0.717, 1.165) is 0 Å². The van der Waals surface area contributed by atoms with Gasteiger partial charge in [-0.3, -0.25) is 0 Å². The van der Waals surface area contributed by atoms with Crippen molar-refractivity contribution in [1.29, 1.82) is 0 Å². The van der Waals surface area contributed by atoms with Crippen LogP contribution >= 0.6 is 0 Å². The average molecular weight is 296 g/mol. The highest BCUT2D eigenvalue weighted by atomic mass is 16.6. The van der Waals surface area contributed by atoms with E-state index in [0.29, 0.717) is 16.7 Å². The van der Waals surface area contributed by atoms with Gasteiger partial charge in [-0.1, -0.05) is 0 Å². The average Bonchev–Trinajstić information content (AvgIpc) is 2.99. The topological polar surface area (TPSA) is 166 Å². The molecule has 1 saturated heterocycles. The van der Waals surface area contributed by atoms with Crippen molar-refractivity contribution in [2.45, 2.75) is 31.1 Å². The Morgan fingerprint density at radius 3 is 2.67 bits per heavy atom. The molecule has 0 spiro atoms. The van der Waals surface area contributed by atoms with Gasteiger partial charge in [0.05, 0.1) is 17.7 Å². The zero-order chi connectivity index (χ0) is 15.1. The summed E-state index contributed by atoms with van der Waals surface area (Å²) < 4.78 is 6.74. The molecule has 1 aliphatic heterocycles. The third-order valence-corrected chi connectivity index (χ3v) is 3.54. The van der Waals surface area contributed by atoms with Gasteiger partial charge >= 0.3 is 0 Å². The quantitative estimate of drug-likeness (QED) is 0.410. The number of hydrogen-bond donors (Lipinski definition) is 5. The van der Waals surface area contributed by atoms with Gasteiger partial charge in [-0.05, 0) is 0 Å². The molecule has 0 aliphatic carbocycles. The number of aromatic nitrogens is 4. The lowest BCUT2D eigenvalue weighted by Gasteiger charge is -2.15. The molecule has 10 nitrogen and oxygen atoms in total. The first-order valence-electron chi connectivity index (χ1n) is 6.38. The second-order valence-electron chi connectivity index (χ2n) is 4.78. The van der Waals surface area contributed by atoms with E-state index in [1.54, 1.807) is 0 Å². The lowest BCUT2D eigenvalue weighted by atomic mass is 10.1. The largest absolute Gasteiger partial charge is 0.394 e. The molecule has 7 N–H and O–H groups in total. The molecule has 1 fully saturated rings. The number of nitrogens with two attached hydrogens (primary N) is 2. The number of nitrogen functional groups attached to an aromatic ring is 1. The molecule has 0 radical (unpaired) electrons. The van der Waals surface area contributed by atoms with E-state index in [2.05, 4.69) is 15.1 Å². The maximum atomic E-state index is 10.1. The Morgan fingerprint density at radius 1 is 1.29 bits per heavy atom. The Hall–Kier alpha value is -1.85. The summed E-state index contributed by atoms with van der Waals surface area (Å²) in [5.74, 6) is 0.221. The number of aliphatic hydroxyl groups is 3. The summed E-state index contributed by atoms with van der Waals surface area (Å²) in [4.78, 5) is 7.97. The summed E-state index contributed by atoms with van der Waals surface area (Å²) in [6, 6.07) is 0. The molecule has 0 saturated carbocycles. The fourth-order valence-corrected chi connectivity index (χ4v) is 2.47. The predicted octanol–water partition coefficient (Wildman–Crippen LogP) is -2.52. The first-order chi connectivity index (χ1) is 10.1. The highest BCUT2D eigenvalue weighted by Crippen LogP contribution is 2.32. The predicted molar refractivity (Wildman–Crippen MR) is 70.6 cm³/mol. The molecule has 1 aliphatic rings. The van der Waals surface area contributed by atoms with E-state index in [-0.39, 0.29) is 12.4 Å². The summed E-state index contributed by atoms with van der Waals surface area (Å²) in [6.45, 7) is -0.315. The molecule has 21 heavy (non-hydrogen) atoms. The zero-order valence-corrected chi connectivity index (χ0v) is 11.0. The van der Waals surface area contributed by atoms with Gasteiger partial charge in [-0.2, -0.15) is 5.10 Å². The molecule has 0 aromatic carbocycles. The maximum Gasteiger partial charge on any atom is 0.181 e. The van der Waals surface area contributed by atoms with Gasteiger partial charge in [-0.15, -0.1) is 0 Å². The number of ether oxygens (including phenoxy) is 1. The number of nitrogens with zero attached hydrogens (tertiary/aromatic N) is 4. The van der Waals surface area contributed by atoms with Crippen LogP contribution in [0.25, 0.3) is 11.0 Å². The summed E-state index contributed by atoms with van der Waals surface area (Å²) in [7, 11) is 0. The number of hydrogen-bond acceptors (Lipinski definition) is 9. The van der Waals surface area contributed by atoms with Crippen molar-refractivity contribution in [1.82, 2.24) is 19.7 Å². The van der Waals surface area contributed by atoms with E-state index in [4.69, 9.17) is 21.3 Å². The van der Waals surface area contributed by atoms with Crippen molar-refractivity contribution in [3.05, 3.63) is 12.0 Å². The zero-order valence-electron chi connectivity index (χ0n) is 11.0. The van der Waals surface area contributed by atoms with Crippen LogP contribution in [-0.2, 0) is 11.3 Å². The van der Waals surface area contributed by atoms with Gasteiger partial charge in [0.25, 0.3) is 0 Å². The van der Waals surface area contributed by atoms with E-state index < -0.39 is 31.1 Å². The summed E-state index contributed by atoms with van der Waals surface area (Å²) in [6.07, 6.45) is -3.11. The summed E-state index contributed by atoms with van der Waals surface area (Å²) in [5, 5.41) is 33.7. The molecule has 0 bridgehead atoms. The van der Waals surface area contributed by atoms with Gasteiger partial charge in [0, 0.05) is 6.54 Å². The summed E-state index contributed by atoms with van der Waals surface area (Å²) in [5.41, 5.74) is 12.2. The third-order valence-electron chi connectivity index (χ3n) is 3.54. The molecule has 3 rings (SSSR count). The van der Waals surface area contributed by atoms with Crippen molar-refractivity contribution >= 4 is 16.9 Å². The summed E-state index contributed by atoms with van der Waals surface area (Å²) >= 11 is 0. The second kappa shape index (κ2) is 5.16. The van der Waals surface area contributed by atoms with Crippen LogP contribution in [0.5, 0.6) is 0 Å². The minimum Gasteiger partial charge on any atom is -0.394 e. The van der Waals surface area contributed by atoms with Gasteiger partial charge in [-0.25, -0.2) is 14.6 Å². The van der Waals surface area contributed by atoms with Gasteiger partial charge in [0.1, 0.15) is 30.5 Å². The molecule has 10 heteroatoms. The Labute approximate surface area is 119 Å². The van der Waals surface area contributed by atoms with Crippen LogP contribution in [-0.4, -0.2) is 60.0 Å². The molecular weight excluding hydrogens is 280 g/mol. The Balaban J connectivity index is 2.11. The number of aliphatic hydroxyl groups excluding tert-OH is 3. The number of anilines is 1. The minimum atomic E-state index is -1.26. The number of fused-ring (bicyclic) bond motifs is 1. The third kappa shape index (κ3) is 2.04. The molecule has 0 amide bonds. The monoisotopic (exact) mass is 296 g/mol. The molecule has 0 unspecified atom stereocenters. The Morgan fingerprint density at radius 2 is 2.05 bits per heavy atom.